The molecule has 0 spiro atoms. The van der Waals surface area contributed by atoms with Crippen LogP contribution in [0, 0.1) is 0 Å². The molecule has 2 heterocycles. The molecular formula is C21H23N5O2. The largest absolute Gasteiger partial charge is 0.352 e. The van der Waals surface area contributed by atoms with Crippen LogP contribution in [0.3, 0.4) is 0 Å². The fourth-order valence-electron chi connectivity index (χ4n) is 3.58. The molecule has 0 bridgehead atoms. The van der Waals surface area contributed by atoms with Gasteiger partial charge in [0.05, 0.1) is 11.0 Å². The zero-order valence-electron chi connectivity index (χ0n) is 15.8. The van der Waals surface area contributed by atoms with Crippen molar-refractivity contribution in [2.75, 3.05) is 23.3 Å². The van der Waals surface area contributed by atoms with Crippen molar-refractivity contribution in [3.8, 4) is 0 Å². The van der Waals surface area contributed by atoms with Gasteiger partial charge in [0.25, 0.3) is 5.56 Å². The van der Waals surface area contributed by atoms with Crippen molar-refractivity contribution in [2.45, 2.75) is 18.9 Å². The van der Waals surface area contributed by atoms with Crippen molar-refractivity contribution in [2.24, 2.45) is 7.05 Å². The van der Waals surface area contributed by atoms with E-state index in [4.69, 9.17) is 0 Å². The summed E-state index contributed by atoms with van der Waals surface area (Å²) in [7, 11) is 1.78. The molecule has 4 rings (SSSR count). The van der Waals surface area contributed by atoms with Gasteiger partial charge in [0.15, 0.2) is 5.82 Å². The molecule has 7 heteroatoms. The van der Waals surface area contributed by atoms with Gasteiger partial charge in [-0.1, -0.05) is 30.3 Å². The second kappa shape index (κ2) is 7.72. The highest BCUT2D eigenvalue weighted by Crippen LogP contribution is 2.18. The SMILES string of the molecule is Cn1c(=O)c(N2CCC(NC(=O)Nc3ccccc3)CC2)nc2ccccc21. The van der Waals surface area contributed by atoms with Gasteiger partial charge in [-0.25, -0.2) is 9.78 Å². The molecule has 2 aromatic carbocycles. The lowest BCUT2D eigenvalue weighted by molar-refractivity contribution is 0.246. The Morgan fingerprint density at radius 1 is 1.04 bits per heavy atom. The van der Waals surface area contributed by atoms with Crippen LogP contribution in [0.5, 0.6) is 0 Å². The summed E-state index contributed by atoms with van der Waals surface area (Å²) in [4.78, 5) is 31.5. The third-order valence-electron chi connectivity index (χ3n) is 5.13. The van der Waals surface area contributed by atoms with Crippen LogP contribution in [0.1, 0.15) is 12.8 Å². The van der Waals surface area contributed by atoms with Gasteiger partial charge in [-0.15, -0.1) is 0 Å². The summed E-state index contributed by atoms with van der Waals surface area (Å²) < 4.78 is 1.65. The number of anilines is 2. The number of piperidine rings is 1. The van der Waals surface area contributed by atoms with E-state index in [0.717, 1.165) is 29.6 Å². The van der Waals surface area contributed by atoms with Gasteiger partial charge in [0.2, 0.25) is 0 Å². The number of rotatable bonds is 3. The number of aromatic nitrogens is 2. The number of carbonyl (C=O) groups is 1. The number of carbonyl (C=O) groups excluding carboxylic acids is 1. The molecule has 0 saturated carbocycles. The minimum absolute atomic E-state index is 0.0734. The van der Waals surface area contributed by atoms with Gasteiger partial charge in [0, 0.05) is 31.9 Å². The van der Waals surface area contributed by atoms with Gasteiger partial charge in [0.1, 0.15) is 0 Å². The molecule has 3 aromatic rings. The Hall–Kier alpha value is -3.35. The van der Waals surface area contributed by atoms with E-state index in [0.29, 0.717) is 18.9 Å². The van der Waals surface area contributed by atoms with Crippen molar-refractivity contribution in [1.29, 1.82) is 0 Å². The molecule has 28 heavy (non-hydrogen) atoms. The summed E-state index contributed by atoms with van der Waals surface area (Å²) in [6.07, 6.45) is 1.53. The van der Waals surface area contributed by atoms with Gasteiger partial charge >= 0.3 is 6.03 Å². The lowest BCUT2D eigenvalue weighted by Crippen LogP contribution is -2.47. The predicted octanol–water partition coefficient (Wildman–Crippen LogP) is 2.72. The van der Waals surface area contributed by atoms with Gasteiger partial charge in [-0.2, -0.15) is 0 Å². The highest BCUT2D eigenvalue weighted by Gasteiger charge is 2.24. The van der Waals surface area contributed by atoms with Crippen LogP contribution in [0.25, 0.3) is 11.0 Å². The number of amides is 2. The summed E-state index contributed by atoms with van der Waals surface area (Å²) in [6.45, 7) is 1.35. The Labute approximate surface area is 163 Å². The lowest BCUT2D eigenvalue weighted by atomic mass is 10.1. The van der Waals surface area contributed by atoms with Crippen molar-refractivity contribution < 1.29 is 4.79 Å². The van der Waals surface area contributed by atoms with Crippen molar-refractivity contribution in [3.05, 3.63) is 65.0 Å². The summed E-state index contributed by atoms with van der Waals surface area (Å²) in [5.41, 5.74) is 2.31. The minimum atomic E-state index is -0.204. The first-order valence-electron chi connectivity index (χ1n) is 9.45. The first kappa shape index (κ1) is 18.0. The normalized spacial score (nSPS) is 14.8. The maximum absolute atomic E-state index is 12.7. The lowest BCUT2D eigenvalue weighted by Gasteiger charge is -2.33. The van der Waals surface area contributed by atoms with E-state index in [-0.39, 0.29) is 17.6 Å². The van der Waals surface area contributed by atoms with Crippen LogP contribution in [-0.2, 0) is 7.05 Å². The average Bonchev–Trinajstić information content (AvgIpc) is 2.72. The average molecular weight is 377 g/mol. The van der Waals surface area contributed by atoms with Crippen LogP contribution in [0.15, 0.2) is 59.4 Å². The van der Waals surface area contributed by atoms with Crippen molar-refractivity contribution in [1.82, 2.24) is 14.9 Å². The number of urea groups is 1. The van der Waals surface area contributed by atoms with E-state index in [1.54, 1.807) is 11.6 Å². The van der Waals surface area contributed by atoms with Gasteiger partial charge < -0.3 is 20.1 Å². The number of para-hydroxylation sites is 3. The van der Waals surface area contributed by atoms with Crippen LogP contribution in [-0.4, -0.2) is 34.7 Å². The van der Waals surface area contributed by atoms with E-state index in [1.807, 2.05) is 59.5 Å². The Balaban J connectivity index is 1.40. The minimum Gasteiger partial charge on any atom is -0.352 e. The molecule has 1 fully saturated rings. The maximum Gasteiger partial charge on any atom is 0.319 e. The molecule has 2 N–H and O–H groups in total. The summed E-state index contributed by atoms with van der Waals surface area (Å²) in [5.74, 6) is 0.480. The second-order valence-corrected chi connectivity index (χ2v) is 7.01. The number of fused-ring (bicyclic) bond motifs is 1. The standard InChI is InChI=1S/C21H23N5O2/c1-25-18-10-6-5-9-17(18)24-19(20(25)27)26-13-11-16(12-14-26)23-21(28)22-15-7-3-2-4-8-15/h2-10,16H,11-14H2,1H3,(H2,22,23,28). The second-order valence-electron chi connectivity index (χ2n) is 7.01. The van der Waals surface area contributed by atoms with Gasteiger partial charge in [-0.3, -0.25) is 4.79 Å². The molecule has 144 valence electrons. The molecular weight excluding hydrogens is 354 g/mol. The number of benzene rings is 2. The van der Waals surface area contributed by atoms with Crippen LogP contribution < -0.4 is 21.1 Å². The highest BCUT2D eigenvalue weighted by molar-refractivity contribution is 5.89. The number of nitrogens with zero attached hydrogens (tertiary/aromatic N) is 3. The Morgan fingerprint density at radius 2 is 1.71 bits per heavy atom. The molecule has 1 saturated heterocycles. The number of aryl methyl sites for hydroxylation is 1. The quantitative estimate of drug-likeness (QED) is 0.736. The Bertz CT molecular complexity index is 1040. The van der Waals surface area contributed by atoms with Crippen molar-refractivity contribution >= 4 is 28.6 Å². The molecule has 7 nitrogen and oxygen atoms in total. The van der Waals surface area contributed by atoms with E-state index < -0.39 is 0 Å². The molecule has 2 amide bonds. The summed E-state index contributed by atoms with van der Waals surface area (Å²) in [6, 6.07) is 16.9. The number of nitrogens with one attached hydrogen (secondary N) is 2. The first-order valence-corrected chi connectivity index (χ1v) is 9.45. The van der Waals surface area contributed by atoms with Gasteiger partial charge in [-0.05, 0) is 37.1 Å². The fourth-order valence-corrected chi connectivity index (χ4v) is 3.58. The molecule has 1 aliphatic rings. The summed E-state index contributed by atoms with van der Waals surface area (Å²) >= 11 is 0. The monoisotopic (exact) mass is 377 g/mol. The zero-order valence-corrected chi connectivity index (χ0v) is 15.8. The molecule has 0 radical (unpaired) electrons. The molecule has 0 unspecified atom stereocenters. The molecule has 0 atom stereocenters. The highest BCUT2D eigenvalue weighted by atomic mass is 16.2. The third kappa shape index (κ3) is 3.69. The maximum atomic E-state index is 12.7. The van der Waals surface area contributed by atoms with Crippen LogP contribution in [0.2, 0.25) is 0 Å². The number of hydrogen-bond donors (Lipinski definition) is 2. The van der Waals surface area contributed by atoms with E-state index >= 15 is 0 Å². The molecule has 1 aliphatic heterocycles. The first-order chi connectivity index (χ1) is 13.6. The molecule has 1 aromatic heterocycles. The summed E-state index contributed by atoms with van der Waals surface area (Å²) in [5, 5.41) is 5.85. The smallest absolute Gasteiger partial charge is 0.319 e. The molecule has 0 aliphatic carbocycles. The Morgan fingerprint density at radius 3 is 2.46 bits per heavy atom. The van der Waals surface area contributed by atoms with E-state index in [9.17, 15) is 9.59 Å². The van der Waals surface area contributed by atoms with E-state index in [1.165, 1.54) is 0 Å². The van der Waals surface area contributed by atoms with E-state index in [2.05, 4.69) is 15.6 Å². The van der Waals surface area contributed by atoms with Crippen molar-refractivity contribution in [3.63, 3.8) is 0 Å². The van der Waals surface area contributed by atoms with Crippen LogP contribution in [0.4, 0.5) is 16.3 Å². The Kier molecular flexibility index (Phi) is 4.97. The fraction of sp³-hybridized carbons (Fsp3) is 0.286. The topological polar surface area (TPSA) is 79.3 Å². The predicted molar refractivity (Wildman–Crippen MR) is 111 cm³/mol. The van der Waals surface area contributed by atoms with Crippen LogP contribution >= 0.6 is 0 Å². The number of hydrogen-bond acceptors (Lipinski definition) is 4. The zero-order chi connectivity index (χ0) is 19.5. The third-order valence-corrected chi connectivity index (χ3v) is 5.13.